The molecule has 44 heavy (non-hydrogen) atoms. The van der Waals surface area contributed by atoms with Gasteiger partial charge in [-0.05, 0) is 72.5 Å². The van der Waals surface area contributed by atoms with Crippen LogP contribution in [-0.4, -0.2) is 28.4 Å². The quantitative estimate of drug-likeness (QED) is 0.136. The lowest BCUT2D eigenvalue weighted by Gasteiger charge is -2.12. The number of nitrogens with zero attached hydrogens (tertiary/aromatic N) is 4. The minimum atomic E-state index is -0.0496. The van der Waals surface area contributed by atoms with Crippen LogP contribution < -0.4 is 18.9 Å². The number of benzene rings is 3. The molecule has 0 saturated heterocycles. The molecule has 0 N–H and O–H groups in total. The lowest BCUT2D eigenvalue weighted by atomic mass is 9.97. The lowest BCUT2D eigenvalue weighted by Crippen LogP contribution is -1.94. The van der Waals surface area contributed by atoms with Crippen molar-refractivity contribution in [3.05, 3.63) is 115 Å². The Labute approximate surface area is 258 Å². The maximum atomic E-state index is 9.15. The zero-order chi connectivity index (χ0) is 32.2. The van der Waals surface area contributed by atoms with Crippen LogP contribution in [0.15, 0.2) is 47.8 Å². The lowest BCUT2D eigenvalue weighted by molar-refractivity contribution is 0.401. The van der Waals surface area contributed by atoms with Crippen LogP contribution in [0.1, 0.15) is 44.5 Å². The molecule has 0 aromatic heterocycles. The van der Waals surface area contributed by atoms with Crippen LogP contribution in [0.4, 0.5) is 0 Å². The third-order valence-corrected chi connectivity index (χ3v) is 6.76. The summed E-state index contributed by atoms with van der Waals surface area (Å²) in [6.45, 7) is 18.4. The van der Waals surface area contributed by atoms with Crippen molar-refractivity contribution in [1.29, 1.82) is 10.5 Å². The number of allylic oxidation sites excluding steroid dienone is 2. The normalized spacial score (nSPS) is 11.4. The average molecular weight is 583 g/mol. The van der Waals surface area contributed by atoms with Crippen molar-refractivity contribution >= 4 is 36.5 Å². The summed E-state index contributed by atoms with van der Waals surface area (Å²) in [5, 5.41) is 18.3. The molecule has 0 heterocycles. The molecule has 0 radical (unpaired) electrons. The van der Waals surface area contributed by atoms with Gasteiger partial charge < -0.3 is 18.9 Å². The summed E-state index contributed by atoms with van der Waals surface area (Å²) in [7, 11) is 6.20. The van der Waals surface area contributed by atoms with E-state index >= 15 is 0 Å². The van der Waals surface area contributed by atoms with E-state index in [1.54, 1.807) is 26.4 Å². The van der Waals surface area contributed by atoms with Crippen molar-refractivity contribution in [2.75, 3.05) is 28.4 Å². The Morgan fingerprint density at radius 3 is 1.14 bits per heavy atom. The molecule has 218 valence electrons. The number of aryl methyl sites for hydroxylation is 2. The highest BCUT2D eigenvalue weighted by atomic mass is 16.5. The van der Waals surface area contributed by atoms with Gasteiger partial charge in [-0.15, -0.1) is 0 Å². The van der Waals surface area contributed by atoms with Crippen molar-refractivity contribution in [3.63, 3.8) is 0 Å². The van der Waals surface area contributed by atoms with Gasteiger partial charge in [0.2, 0.25) is 0 Å². The molecule has 3 aromatic rings. The summed E-state index contributed by atoms with van der Waals surface area (Å²) in [5.74, 6) is 2.19. The molecule has 0 bridgehead atoms. The Morgan fingerprint density at radius 1 is 0.545 bits per heavy atom. The summed E-state index contributed by atoms with van der Waals surface area (Å²) in [6.07, 6.45) is 10.8. The van der Waals surface area contributed by atoms with E-state index in [1.165, 1.54) is 26.4 Å². The van der Waals surface area contributed by atoms with Gasteiger partial charge in [0.1, 0.15) is 23.0 Å². The Morgan fingerprint density at radius 2 is 0.841 bits per heavy atom. The van der Waals surface area contributed by atoms with E-state index in [0.29, 0.717) is 34.1 Å². The molecule has 3 rings (SSSR count). The van der Waals surface area contributed by atoms with Crippen molar-refractivity contribution < 1.29 is 18.9 Å². The van der Waals surface area contributed by atoms with Crippen molar-refractivity contribution in [1.82, 2.24) is 0 Å². The number of methoxy groups -OCH3 is 4. The van der Waals surface area contributed by atoms with Crippen LogP contribution in [-0.2, 0) is 0 Å². The van der Waals surface area contributed by atoms with Gasteiger partial charge in [0.05, 0.1) is 53.7 Å². The Kier molecular flexibility index (Phi) is 11.1. The molecular formula is C36H30N4O4. The number of ether oxygens (including phenoxy) is 4. The minimum Gasteiger partial charge on any atom is -0.496 e. The largest absolute Gasteiger partial charge is 0.496 e. The van der Waals surface area contributed by atoms with Gasteiger partial charge >= 0.3 is 0 Å². The number of nitriles is 2. The second-order valence-electron chi connectivity index (χ2n) is 9.41. The van der Waals surface area contributed by atoms with Crippen molar-refractivity contribution in [2.24, 2.45) is 0 Å². The third kappa shape index (κ3) is 7.54. The van der Waals surface area contributed by atoms with Crippen LogP contribution in [0.2, 0.25) is 0 Å². The highest BCUT2D eigenvalue weighted by Crippen LogP contribution is 2.34. The Balaban J connectivity index is 1.97. The standard InChI is InChI=1S/C36H30N4O4/c1-23-13-26(10-12-28-18-36(44-8)30(20-34(28)42-6)16-32(22-38)40-4)24(2)14-25(23)9-11-27-17-35(43-7)29(19-33(27)41-5)15-31(21-37)39-3/h9-20H,1-2,5-8H3/b11-9+,12-10+,31-15-,32-16+. The topological polar surface area (TPSA) is 93.2 Å². The zero-order valence-electron chi connectivity index (χ0n) is 25.4. The molecule has 0 unspecified atom stereocenters. The van der Waals surface area contributed by atoms with Crippen molar-refractivity contribution in [3.8, 4) is 35.1 Å². The van der Waals surface area contributed by atoms with Crippen LogP contribution in [0.25, 0.3) is 46.1 Å². The van der Waals surface area contributed by atoms with E-state index in [0.717, 1.165) is 33.4 Å². The maximum absolute atomic E-state index is 9.15. The summed E-state index contributed by atoms with van der Waals surface area (Å²) in [4.78, 5) is 6.45. The predicted molar refractivity (Wildman–Crippen MR) is 173 cm³/mol. The first-order valence-electron chi connectivity index (χ1n) is 13.2. The molecule has 8 heteroatoms. The van der Waals surface area contributed by atoms with Crippen molar-refractivity contribution in [2.45, 2.75) is 13.8 Å². The van der Waals surface area contributed by atoms with Gasteiger partial charge in [0.15, 0.2) is 0 Å². The predicted octanol–water partition coefficient (Wildman–Crippen LogP) is 8.25. The summed E-state index contributed by atoms with van der Waals surface area (Å²) >= 11 is 0. The molecule has 0 fully saturated rings. The van der Waals surface area contributed by atoms with E-state index in [-0.39, 0.29) is 11.4 Å². The van der Waals surface area contributed by atoms with Crippen LogP contribution >= 0.6 is 0 Å². The SMILES string of the molecule is [C-]#[N+]/C(C#N)=C\c1cc(OC)c(/C=C/c2cc(C)c(/C=C/c3cc(OC)c(/C=C(\C#N)[N+]#[C-])cc3OC)cc2C)cc1OC. The Hall–Kier alpha value is -6.22. The highest BCUT2D eigenvalue weighted by molar-refractivity contribution is 5.81. The van der Waals surface area contributed by atoms with E-state index in [4.69, 9.17) is 42.6 Å². The first kappa shape index (κ1) is 32.3. The fraction of sp³-hybridized carbons (Fsp3) is 0.167. The Bertz CT molecular complexity index is 1700. The molecule has 0 saturated carbocycles. The average Bonchev–Trinajstić information content (AvgIpc) is 3.05. The molecule has 3 aromatic carbocycles. The van der Waals surface area contributed by atoms with E-state index in [9.17, 15) is 0 Å². The second kappa shape index (κ2) is 15.1. The zero-order valence-corrected chi connectivity index (χ0v) is 25.4. The van der Waals surface area contributed by atoms with Gasteiger partial charge in [-0.1, -0.05) is 36.4 Å². The van der Waals surface area contributed by atoms with Crippen LogP contribution in [0, 0.1) is 49.7 Å². The highest BCUT2D eigenvalue weighted by Gasteiger charge is 2.12. The first-order valence-corrected chi connectivity index (χ1v) is 13.2. The number of hydrogen-bond acceptors (Lipinski definition) is 6. The number of rotatable bonds is 10. The molecule has 0 aliphatic rings. The fourth-order valence-electron chi connectivity index (χ4n) is 4.43. The summed E-state index contributed by atoms with van der Waals surface area (Å²) in [6, 6.07) is 15.0. The minimum absolute atomic E-state index is 0.0496. The van der Waals surface area contributed by atoms with Gasteiger partial charge in [-0.2, -0.15) is 0 Å². The first-order chi connectivity index (χ1) is 21.2. The molecule has 0 aliphatic carbocycles. The molecule has 0 aliphatic heterocycles. The van der Waals surface area contributed by atoms with Gasteiger partial charge in [0, 0.05) is 22.3 Å². The van der Waals surface area contributed by atoms with Gasteiger partial charge in [0.25, 0.3) is 11.4 Å². The monoisotopic (exact) mass is 582 g/mol. The molecule has 0 spiro atoms. The fourth-order valence-corrected chi connectivity index (χ4v) is 4.43. The molecule has 0 atom stereocenters. The van der Waals surface area contributed by atoms with E-state index in [2.05, 4.69) is 21.8 Å². The number of hydrogen-bond donors (Lipinski definition) is 0. The second-order valence-corrected chi connectivity index (χ2v) is 9.41. The molecular weight excluding hydrogens is 552 g/mol. The van der Waals surface area contributed by atoms with E-state index in [1.807, 2.05) is 62.4 Å². The smallest absolute Gasteiger partial charge is 0.262 e. The molecule has 0 amide bonds. The summed E-state index contributed by atoms with van der Waals surface area (Å²) < 4.78 is 22.2. The van der Waals surface area contributed by atoms with E-state index < -0.39 is 0 Å². The molecule has 8 nitrogen and oxygen atoms in total. The van der Waals surface area contributed by atoms with Gasteiger partial charge in [-0.3, -0.25) is 0 Å². The third-order valence-electron chi connectivity index (χ3n) is 6.76. The summed E-state index contributed by atoms with van der Waals surface area (Å²) in [5.41, 5.74) is 6.77. The van der Waals surface area contributed by atoms with Crippen LogP contribution in [0.3, 0.4) is 0 Å². The maximum Gasteiger partial charge on any atom is 0.262 e. The van der Waals surface area contributed by atoms with Crippen LogP contribution in [0.5, 0.6) is 23.0 Å². The van der Waals surface area contributed by atoms with Gasteiger partial charge in [-0.25, -0.2) is 20.2 Å².